The third-order valence-corrected chi connectivity index (χ3v) is 5.35. The number of carbonyl (C=O) groups excluding carboxylic acids is 1. The zero-order valence-electron chi connectivity index (χ0n) is 15.2. The van der Waals surface area contributed by atoms with Gasteiger partial charge in [-0.2, -0.15) is 0 Å². The lowest BCUT2D eigenvalue weighted by atomic mass is 10.0. The smallest absolute Gasteiger partial charge is 0.237 e. The molecule has 3 rings (SSSR count). The van der Waals surface area contributed by atoms with Crippen molar-refractivity contribution in [2.24, 2.45) is 0 Å². The second-order valence-corrected chi connectivity index (χ2v) is 7.00. The molecule has 0 aromatic heterocycles. The van der Waals surface area contributed by atoms with Crippen LogP contribution in [0.5, 0.6) is 0 Å². The minimum absolute atomic E-state index is 0.0102. The fourth-order valence-electron chi connectivity index (χ4n) is 3.77. The molecule has 1 aromatic rings. The molecule has 0 radical (unpaired) electrons. The maximum Gasteiger partial charge on any atom is 0.237 e. The Kier molecular flexibility index (Phi) is 5.91. The Bertz CT molecular complexity index is 595. The number of nitrogens with zero attached hydrogens (tertiary/aromatic N) is 2. The van der Waals surface area contributed by atoms with Crippen molar-refractivity contribution in [3.05, 3.63) is 29.6 Å². The predicted octanol–water partition coefficient (Wildman–Crippen LogP) is 1.90. The molecule has 0 aliphatic carbocycles. The summed E-state index contributed by atoms with van der Waals surface area (Å²) in [7, 11) is 0. The van der Waals surface area contributed by atoms with Crippen LogP contribution in [-0.4, -0.2) is 56.1 Å². The highest BCUT2D eigenvalue weighted by Crippen LogP contribution is 2.28. The number of benzene rings is 1. The lowest BCUT2D eigenvalue weighted by Gasteiger charge is -2.37. The van der Waals surface area contributed by atoms with E-state index in [1.54, 1.807) is 6.07 Å². The number of amides is 1. The molecule has 1 aromatic carbocycles. The van der Waals surface area contributed by atoms with Crippen LogP contribution < -0.4 is 15.5 Å². The van der Waals surface area contributed by atoms with Gasteiger partial charge in [-0.3, -0.25) is 4.79 Å². The Hall–Kier alpha value is -1.66. The standard InChI is InChI=1S/C19H29FN4O/c1-3-23-9-11-24(12-10-23)18-7-6-15(20)13-16(18)14(2)22-19(25)17-5-4-8-21-17/h6-7,13-14,17,21H,3-5,8-12H2,1-2H3,(H,22,25). The van der Waals surface area contributed by atoms with Crippen molar-refractivity contribution in [2.75, 3.05) is 44.2 Å². The molecule has 2 N–H and O–H groups in total. The van der Waals surface area contributed by atoms with Gasteiger partial charge in [-0.1, -0.05) is 6.92 Å². The fourth-order valence-corrected chi connectivity index (χ4v) is 3.77. The number of nitrogens with one attached hydrogen (secondary N) is 2. The van der Waals surface area contributed by atoms with E-state index in [0.717, 1.165) is 63.4 Å². The van der Waals surface area contributed by atoms with Crippen molar-refractivity contribution in [1.29, 1.82) is 0 Å². The van der Waals surface area contributed by atoms with Crippen LogP contribution in [0.2, 0.25) is 0 Å². The molecular formula is C19H29FN4O. The van der Waals surface area contributed by atoms with Crippen molar-refractivity contribution in [3.63, 3.8) is 0 Å². The van der Waals surface area contributed by atoms with Gasteiger partial charge in [0.05, 0.1) is 12.1 Å². The van der Waals surface area contributed by atoms with Gasteiger partial charge < -0.3 is 20.4 Å². The van der Waals surface area contributed by atoms with E-state index in [2.05, 4.69) is 27.4 Å². The largest absolute Gasteiger partial charge is 0.369 e. The van der Waals surface area contributed by atoms with Gasteiger partial charge in [-0.25, -0.2) is 4.39 Å². The number of anilines is 1. The molecule has 5 nitrogen and oxygen atoms in total. The first-order valence-corrected chi connectivity index (χ1v) is 9.39. The van der Waals surface area contributed by atoms with E-state index in [0.29, 0.717) is 0 Å². The van der Waals surface area contributed by atoms with Gasteiger partial charge in [0.2, 0.25) is 5.91 Å². The minimum Gasteiger partial charge on any atom is -0.369 e. The van der Waals surface area contributed by atoms with Crippen LogP contribution in [-0.2, 0) is 4.79 Å². The summed E-state index contributed by atoms with van der Waals surface area (Å²) >= 11 is 0. The average Bonchev–Trinajstić information content (AvgIpc) is 3.16. The maximum absolute atomic E-state index is 13.9. The van der Waals surface area contributed by atoms with Gasteiger partial charge >= 0.3 is 0 Å². The first-order chi connectivity index (χ1) is 12.1. The Labute approximate surface area is 149 Å². The molecule has 25 heavy (non-hydrogen) atoms. The summed E-state index contributed by atoms with van der Waals surface area (Å²) in [5.41, 5.74) is 1.89. The lowest BCUT2D eigenvalue weighted by molar-refractivity contribution is -0.123. The highest BCUT2D eigenvalue weighted by molar-refractivity contribution is 5.82. The van der Waals surface area contributed by atoms with Crippen molar-refractivity contribution in [2.45, 2.75) is 38.8 Å². The van der Waals surface area contributed by atoms with Crippen molar-refractivity contribution >= 4 is 11.6 Å². The molecule has 0 spiro atoms. The number of halogens is 1. The van der Waals surface area contributed by atoms with Gasteiger partial charge in [0.15, 0.2) is 0 Å². The molecule has 2 aliphatic rings. The molecule has 6 heteroatoms. The molecule has 1 amide bonds. The quantitative estimate of drug-likeness (QED) is 0.853. The number of rotatable bonds is 5. The Morgan fingerprint density at radius 2 is 2.12 bits per heavy atom. The number of piperazine rings is 1. The van der Waals surface area contributed by atoms with Gasteiger partial charge in [-0.15, -0.1) is 0 Å². The van der Waals surface area contributed by atoms with E-state index in [4.69, 9.17) is 0 Å². The third kappa shape index (κ3) is 4.30. The first kappa shape index (κ1) is 18.1. The van der Waals surface area contributed by atoms with E-state index in [9.17, 15) is 9.18 Å². The Morgan fingerprint density at radius 3 is 2.76 bits per heavy atom. The molecule has 2 fully saturated rings. The molecule has 0 bridgehead atoms. The number of carbonyl (C=O) groups is 1. The van der Waals surface area contributed by atoms with Crippen LogP contribution in [0.25, 0.3) is 0 Å². The molecule has 2 saturated heterocycles. The summed E-state index contributed by atoms with van der Waals surface area (Å²) in [5.74, 6) is -0.248. The fraction of sp³-hybridized carbons (Fsp3) is 0.632. The maximum atomic E-state index is 13.9. The zero-order valence-corrected chi connectivity index (χ0v) is 15.2. The van der Waals surface area contributed by atoms with Crippen LogP contribution in [0, 0.1) is 5.82 Å². The van der Waals surface area contributed by atoms with E-state index in [1.165, 1.54) is 6.07 Å². The third-order valence-electron chi connectivity index (χ3n) is 5.35. The van der Waals surface area contributed by atoms with E-state index < -0.39 is 0 Å². The SMILES string of the molecule is CCN1CCN(c2ccc(F)cc2C(C)NC(=O)C2CCCN2)CC1. The van der Waals surface area contributed by atoms with Crippen molar-refractivity contribution in [1.82, 2.24) is 15.5 Å². The predicted molar refractivity (Wildman–Crippen MR) is 98.3 cm³/mol. The second kappa shape index (κ2) is 8.15. The summed E-state index contributed by atoms with van der Waals surface area (Å²) in [6, 6.07) is 4.59. The summed E-state index contributed by atoms with van der Waals surface area (Å²) < 4.78 is 13.9. The van der Waals surface area contributed by atoms with Crippen molar-refractivity contribution in [3.8, 4) is 0 Å². The van der Waals surface area contributed by atoms with Crippen LogP contribution in [0.3, 0.4) is 0 Å². The normalized spacial score (nSPS) is 22.8. The topological polar surface area (TPSA) is 47.6 Å². The number of hydrogen-bond donors (Lipinski definition) is 2. The summed E-state index contributed by atoms with van der Waals surface area (Å²) in [6.45, 7) is 9.94. The van der Waals surface area contributed by atoms with E-state index in [1.807, 2.05) is 13.0 Å². The monoisotopic (exact) mass is 348 g/mol. The van der Waals surface area contributed by atoms with Crippen LogP contribution in [0.15, 0.2) is 18.2 Å². The lowest BCUT2D eigenvalue weighted by Crippen LogP contribution is -2.47. The summed E-state index contributed by atoms with van der Waals surface area (Å²) in [4.78, 5) is 17.1. The molecular weight excluding hydrogens is 319 g/mol. The average molecular weight is 348 g/mol. The van der Waals surface area contributed by atoms with E-state index >= 15 is 0 Å². The number of hydrogen-bond acceptors (Lipinski definition) is 4. The minimum atomic E-state index is -0.258. The summed E-state index contributed by atoms with van der Waals surface area (Å²) in [6.07, 6.45) is 1.90. The Balaban J connectivity index is 1.73. The van der Waals surface area contributed by atoms with Crippen molar-refractivity contribution < 1.29 is 9.18 Å². The molecule has 138 valence electrons. The molecule has 2 aliphatic heterocycles. The Morgan fingerprint density at radius 1 is 1.36 bits per heavy atom. The van der Waals surface area contributed by atoms with Gasteiger partial charge in [0.25, 0.3) is 0 Å². The van der Waals surface area contributed by atoms with Gasteiger partial charge in [0, 0.05) is 37.4 Å². The summed E-state index contributed by atoms with van der Waals surface area (Å²) in [5, 5.41) is 6.27. The highest BCUT2D eigenvalue weighted by Gasteiger charge is 2.26. The second-order valence-electron chi connectivity index (χ2n) is 7.00. The van der Waals surface area contributed by atoms with Crippen LogP contribution >= 0.6 is 0 Å². The highest BCUT2D eigenvalue weighted by atomic mass is 19.1. The van der Waals surface area contributed by atoms with Gasteiger partial charge in [0.1, 0.15) is 5.82 Å². The molecule has 2 atom stereocenters. The molecule has 0 saturated carbocycles. The van der Waals surface area contributed by atoms with Gasteiger partial charge in [-0.05, 0) is 51.1 Å². The first-order valence-electron chi connectivity index (χ1n) is 9.39. The zero-order chi connectivity index (χ0) is 17.8. The van der Waals surface area contributed by atoms with Crippen LogP contribution in [0.4, 0.5) is 10.1 Å². The molecule has 2 unspecified atom stereocenters. The van der Waals surface area contributed by atoms with E-state index in [-0.39, 0.29) is 23.8 Å². The number of likely N-dealkylation sites (N-methyl/N-ethyl adjacent to an activating group) is 1. The molecule has 2 heterocycles. The van der Waals surface area contributed by atoms with Crippen LogP contribution in [0.1, 0.15) is 38.3 Å².